The summed E-state index contributed by atoms with van der Waals surface area (Å²) in [4.78, 5) is 21.8. The minimum atomic E-state index is -0.563. The molecular weight excluding hydrogens is 288 g/mol. The van der Waals surface area contributed by atoms with E-state index in [1.54, 1.807) is 6.92 Å². The van der Waals surface area contributed by atoms with Gasteiger partial charge in [0.15, 0.2) is 0 Å². The Balaban J connectivity index is 3.02. The fraction of sp³-hybridized carbons (Fsp3) is 0.182. The molecule has 1 aromatic rings. The monoisotopic (exact) mass is 296 g/mol. The molecule has 0 heterocycles. The number of hydrogen-bond donors (Lipinski definition) is 1. The van der Waals surface area contributed by atoms with E-state index in [2.05, 4.69) is 27.2 Å². The van der Waals surface area contributed by atoms with Crippen LogP contribution in [0.2, 0.25) is 0 Å². The number of carbonyl (C=O) groups excluding carboxylic acids is 1. The molecule has 0 fully saturated rings. The molecule has 6 heteroatoms. The Morgan fingerprint density at radius 1 is 1.59 bits per heavy atom. The summed E-state index contributed by atoms with van der Waals surface area (Å²) in [5, 5.41) is 13.1. The molecule has 1 rings (SSSR count). The van der Waals surface area contributed by atoms with Gasteiger partial charge in [0.1, 0.15) is 0 Å². The van der Waals surface area contributed by atoms with E-state index in [1.807, 2.05) is 0 Å². The first-order valence-corrected chi connectivity index (χ1v) is 5.45. The summed E-state index contributed by atoms with van der Waals surface area (Å²) in [7, 11) is 0. The molecule has 0 aliphatic heterocycles. The molecule has 88 valence electrons. The molecule has 17 heavy (non-hydrogen) atoms. The first kappa shape index (κ1) is 13.2. The summed E-state index contributed by atoms with van der Waals surface area (Å²) in [5.74, 6) is 1.90. The van der Waals surface area contributed by atoms with Crippen molar-refractivity contribution >= 4 is 27.5 Å². The lowest BCUT2D eigenvalue weighted by Gasteiger charge is -2.07. The van der Waals surface area contributed by atoms with E-state index in [0.717, 1.165) is 0 Å². The van der Waals surface area contributed by atoms with Crippen molar-refractivity contribution in [3.63, 3.8) is 0 Å². The number of nitro groups is 1. The predicted octanol–water partition coefficient (Wildman–Crippen LogP) is 2.11. The number of hydrogen-bond acceptors (Lipinski definition) is 3. The average molecular weight is 297 g/mol. The lowest BCUT2D eigenvalue weighted by atomic mass is 10.2. The van der Waals surface area contributed by atoms with E-state index in [0.29, 0.717) is 4.47 Å². The highest BCUT2D eigenvalue weighted by Crippen LogP contribution is 2.21. The van der Waals surface area contributed by atoms with Crippen molar-refractivity contribution in [1.29, 1.82) is 0 Å². The molecule has 0 spiro atoms. The number of rotatable bonds is 3. The van der Waals surface area contributed by atoms with Crippen molar-refractivity contribution in [2.75, 3.05) is 0 Å². The van der Waals surface area contributed by atoms with Gasteiger partial charge in [0, 0.05) is 22.2 Å². The number of nitrogens with one attached hydrogen (secondary N) is 1. The molecule has 0 aliphatic carbocycles. The summed E-state index contributed by atoms with van der Waals surface area (Å²) in [6, 6.07) is 3.58. The quantitative estimate of drug-likeness (QED) is 0.527. The maximum Gasteiger partial charge on any atom is 0.271 e. The molecule has 5 nitrogen and oxygen atoms in total. The average Bonchev–Trinajstić information content (AvgIpc) is 2.27. The zero-order valence-corrected chi connectivity index (χ0v) is 10.5. The van der Waals surface area contributed by atoms with Gasteiger partial charge in [0.05, 0.1) is 11.0 Å². The Bertz CT molecular complexity index is 508. The Kier molecular flexibility index (Phi) is 4.24. The Morgan fingerprint density at radius 3 is 2.76 bits per heavy atom. The first-order valence-electron chi connectivity index (χ1n) is 4.66. The normalized spacial score (nSPS) is 11.4. The number of nitrogens with zero attached hydrogens (tertiary/aromatic N) is 1. The Labute approximate surface area is 106 Å². The highest BCUT2D eigenvalue weighted by atomic mass is 79.9. The van der Waals surface area contributed by atoms with E-state index in [-0.39, 0.29) is 11.3 Å². The van der Waals surface area contributed by atoms with Gasteiger partial charge >= 0.3 is 0 Å². The second kappa shape index (κ2) is 5.46. The molecule has 1 amide bonds. The third-order valence-electron chi connectivity index (χ3n) is 1.95. The second-order valence-electron chi connectivity index (χ2n) is 3.32. The zero-order valence-electron chi connectivity index (χ0n) is 8.94. The van der Waals surface area contributed by atoms with Crippen LogP contribution in [0, 0.1) is 22.5 Å². The summed E-state index contributed by atoms with van der Waals surface area (Å²) < 4.78 is 0.463. The summed E-state index contributed by atoms with van der Waals surface area (Å²) in [6.07, 6.45) is 5.12. The number of carbonyl (C=O) groups is 1. The molecule has 1 N–H and O–H groups in total. The maximum absolute atomic E-state index is 11.7. The lowest BCUT2D eigenvalue weighted by Crippen LogP contribution is -2.31. The minimum Gasteiger partial charge on any atom is -0.339 e. The van der Waals surface area contributed by atoms with Gasteiger partial charge in [-0.25, -0.2) is 0 Å². The van der Waals surface area contributed by atoms with E-state index < -0.39 is 16.9 Å². The topological polar surface area (TPSA) is 72.2 Å². The van der Waals surface area contributed by atoms with Gasteiger partial charge in [-0.15, -0.1) is 6.42 Å². The molecule has 1 aromatic carbocycles. The van der Waals surface area contributed by atoms with Gasteiger partial charge < -0.3 is 5.32 Å². The van der Waals surface area contributed by atoms with Crippen LogP contribution in [0.3, 0.4) is 0 Å². The number of amides is 1. The van der Waals surface area contributed by atoms with Crippen LogP contribution in [0.25, 0.3) is 0 Å². The van der Waals surface area contributed by atoms with Gasteiger partial charge in [-0.3, -0.25) is 14.9 Å². The second-order valence-corrected chi connectivity index (χ2v) is 4.23. The number of halogens is 1. The molecule has 0 saturated carbocycles. The fourth-order valence-corrected chi connectivity index (χ4v) is 1.61. The number of benzene rings is 1. The van der Waals surface area contributed by atoms with Crippen molar-refractivity contribution in [2.24, 2.45) is 0 Å². The van der Waals surface area contributed by atoms with Crippen molar-refractivity contribution in [2.45, 2.75) is 13.0 Å². The van der Waals surface area contributed by atoms with Gasteiger partial charge in [0.2, 0.25) is 0 Å². The number of terminal acetylenes is 1. The van der Waals surface area contributed by atoms with Gasteiger partial charge in [-0.2, -0.15) is 0 Å². The van der Waals surface area contributed by atoms with Crippen LogP contribution in [-0.2, 0) is 0 Å². The molecular formula is C11H9BrN2O3. The highest BCUT2D eigenvalue weighted by Gasteiger charge is 2.14. The van der Waals surface area contributed by atoms with Crippen molar-refractivity contribution in [3.8, 4) is 12.3 Å². The summed E-state index contributed by atoms with van der Waals surface area (Å²) >= 11 is 3.11. The van der Waals surface area contributed by atoms with Crippen molar-refractivity contribution in [3.05, 3.63) is 38.3 Å². The molecule has 0 radical (unpaired) electrons. The highest BCUT2D eigenvalue weighted by molar-refractivity contribution is 9.10. The molecule has 1 unspecified atom stereocenters. The molecule has 0 aliphatic rings. The number of non-ortho nitro benzene ring substituents is 1. The Morgan fingerprint density at radius 2 is 2.24 bits per heavy atom. The van der Waals surface area contributed by atoms with E-state index in [4.69, 9.17) is 6.42 Å². The molecule has 0 aromatic heterocycles. The fourth-order valence-electron chi connectivity index (χ4n) is 1.13. The van der Waals surface area contributed by atoms with Gasteiger partial charge in [0.25, 0.3) is 11.6 Å². The zero-order chi connectivity index (χ0) is 13.0. The van der Waals surface area contributed by atoms with E-state index >= 15 is 0 Å². The van der Waals surface area contributed by atoms with Crippen molar-refractivity contribution < 1.29 is 9.72 Å². The lowest BCUT2D eigenvalue weighted by molar-refractivity contribution is -0.385. The van der Waals surface area contributed by atoms with Crippen LogP contribution in [-0.4, -0.2) is 16.9 Å². The predicted molar refractivity (Wildman–Crippen MR) is 66.6 cm³/mol. The third-order valence-corrected chi connectivity index (χ3v) is 2.41. The van der Waals surface area contributed by atoms with E-state index in [1.165, 1.54) is 18.2 Å². The van der Waals surface area contributed by atoms with Crippen LogP contribution in [0.15, 0.2) is 22.7 Å². The van der Waals surface area contributed by atoms with Crippen LogP contribution in [0.1, 0.15) is 17.3 Å². The minimum absolute atomic E-state index is 0.155. The van der Waals surface area contributed by atoms with Crippen LogP contribution >= 0.6 is 15.9 Å². The first-order chi connectivity index (χ1) is 7.93. The van der Waals surface area contributed by atoms with Crippen LogP contribution in [0.4, 0.5) is 5.69 Å². The molecule has 0 saturated heterocycles. The maximum atomic E-state index is 11.7. The molecule has 0 bridgehead atoms. The summed E-state index contributed by atoms with van der Waals surface area (Å²) in [5.41, 5.74) is 0.0334. The number of nitro benzene ring substituents is 1. The van der Waals surface area contributed by atoms with Crippen molar-refractivity contribution in [1.82, 2.24) is 5.32 Å². The molecule has 1 atom stereocenters. The standard InChI is InChI=1S/C11H9BrN2O3/c1-3-7(2)13-11(15)8-4-9(12)6-10(5-8)14(16)17/h1,4-7H,2H3,(H,13,15). The van der Waals surface area contributed by atoms with Gasteiger partial charge in [-0.1, -0.05) is 21.9 Å². The Hall–Kier alpha value is -1.87. The SMILES string of the molecule is C#CC(C)NC(=O)c1cc(Br)cc([N+](=O)[O-])c1. The summed E-state index contributed by atoms with van der Waals surface area (Å²) in [6.45, 7) is 1.64. The van der Waals surface area contributed by atoms with Gasteiger partial charge in [-0.05, 0) is 13.0 Å². The largest absolute Gasteiger partial charge is 0.339 e. The van der Waals surface area contributed by atoms with E-state index in [9.17, 15) is 14.9 Å². The van der Waals surface area contributed by atoms with Crippen LogP contribution < -0.4 is 5.32 Å². The third kappa shape index (κ3) is 3.57. The smallest absolute Gasteiger partial charge is 0.271 e. The van der Waals surface area contributed by atoms with Crippen LogP contribution in [0.5, 0.6) is 0 Å².